The van der Waals surface area contributed by atoms with Gasteiger partial charge in [0.25, 0.3) is 0 Å². The van der Waals surface area contributed by atoms with Crippen LogP contribution in [0.2, 0.25) is 0 Å². The third-order valence-electron chi connectivity index (χ3n) is 15.7. The summed E-state index contributed by atoms with van der Waals surface area (Å²) in [5, 5.41) is 23.3. The lowest BCUT2D eigenvalue weighted by Gasteiger charge is -2.22. The van der Waals surface area contributed by atoms with Crippen LogP contribution in [0.1, 0.15) is 373 Å². The number of allylic oxidation sites excluding steroid dienone is 4. The Labute approximate surface area is 462 Å². The molecule has 0 aromatic heterocycles. The predicted molar refractivity (Wildman–Crippen MR) is 324 cm³/mol. The quantitative estimate of drug-likeness (QED) is 0.0320. The summed E-state index contributed by atoms with van der Waals surface area (Å²) in [6, 6.07) is -0.541. The Morgan fingerprint density at radius 2 is 0.635 bits per heavy atom. The van der Waals surface area contributed by atoms with Crippen LogP contribution in [0.5, 0.6) is 0 Å². The zero-order valence-corrected chi connectivity index (χ0v) is 50.1. The number of carbonyl (C=O) groups excluding carboxylic acids is 2. The van der Waals surface area contributed by atoms with E-state index >= 15 is 0 Å². The number of hydrogen-bond acceptors (Lipinski definition) is 5. The number of nitrogens with one attached hydrogen (secondary N) is 1. The number of hydrogen-bond donors (Lipinski definition) is 3. The highest BCUT2D eigenvalue weighted by Crippen LogP contribution is 2.18. The lowest BCUT2D eigenvalue weighted by molar-refractivity contribution is -0.143. The fourth-order valence-electron chi connectivity index (χ4n) is 10.6. The molecule has 6 nitrogen and oxygen atoms in total. The van der Waals surface area contributed by atoms with Gasteiger partial charge in [-0.3, -0.25) is 9.59 Å². The van der Waals surface area contributed by atoms with E-state index in [9.17, 15) is 19.8 Å². The number of carbonyl (C=O) groups is 2. The monoisotopic (exact) mass is 1040 g/mol. The third kappa shape index (κ3) is 59.6. The average Bonchev–Trinajstić information content (AvgIpc) is 3.40. The van der Waals surface area contributed by atoms with E-state index in [2.05, 4.69) is 43.5 Å². The lowest BCUT2D eigenvalue weighted by atomic mass is 10.0. The first-order valence-corrected chi connectivity index (χ1v) is 33.6. The van der Waals surface area contributed by atoms with E-state index in [-0.39, 0.29) is 18.5 Å². The Balaban J connectivity index is 3.37. The van der Waals surface area contributed by atoms with Crippen LogP contribution in [0.4, 0.5) is 0 Å². The highest BCUT2D eigenvalue weighted by Gasteiger charge is 2.20. The number of rotatable bonds is 63. The van der Waals surface area contributed by atoms with Gasteiger partial charge in [-0.1, -0.05) is 308 Å². The SMILES string of the molecule is CCCCCCC/C=C\CCCCCCCC(=O)OCCCCCCCCCCCCCC/C=C\CCCCCCCCCCCCCCC(=O)NC(CO)C(O)CCCCCCCCCCCCCCCCC. The van der Waals surface area contributed by atoms with E-state index in [1.807, 2.05) is 0 Å². The van der Waals surface area contributed by atoms with Crippen LogP contribution in [-0.2, 0) is 14.3 Å². The summed E-state index contributed by atoms with van der Waals surface area (Å²) in [6.45, 7) is 4.97. The second-order valence-electron chi connectivity index (χ2n) is 23.1. The molecule has 1 amide bonds. The van der Waals surface area contributed by atoms with Crippen molar-refractivity contribution in [1.82, 2.24) is 5.32 Å². The Morgan fingerprint density at radius 3 is 0.959 bits per heavy atom. The Morgan fingerprint density at radius 1 is 0.365 bits per heavy atom. The molecule has 438 valence electrons. The van der Waals surface area contributed by atoms with Gasteiger partial charge in [-0.2, -0.15) is 0 Å². The molecular formula is C68H131NO5. The molecule has 0 saturated heterocycles. The van der Waals surface area contributed by atoms with Crippen molar-refractivity contribution < 1.29 is 24.5 Å². The van der Waals surface area contributed by atoms with E-state index in [4.69, 9.17) is 4.74 Å². The van der Waals surface area contributed by atoms with E-state index in [1.54, 1.807) is 0 Å². The first kappa shape index (κ1) is 72.3. The summed E-state index contributed by atoms with van der Waals surface area (Å²) in [5.41, 5.74) is 0. The average molecular weight is 1040 g/mol. The van der Waals surface area contributed by atoms with Gasteiger partial charge in [0, 0.05) is 12.8 Å². The molecule has 0 heterocycles. The van der Waals surface area contributed by atoms with E-state index < -0.39 is 12.1 Å². The van der Waals surface area contributed by atoms with Crippen LogP contribution >= 0.6 is 0 Å². The highest BCUT2D eigenvalue weighted by atomic mass is 16.5. The Kier molecular flexibility index (Phi) is 62.4. The maximum absolute atomic E-state index is 12.5. The zero-order chi connectivity index (χ0) is 53.6. The van der Waals surface area contributed by atoms with Crippen LogP contribution in [0, 0.1) is 0 Å². The van der Waals surface area contributed by atoms with E-state index in [0.717, 1.165) is 44.9 Å². The molecule has 3 N–H and O–H groups in total. The predicted octanol–water partition coefficient (Wildman–Crippen LogP) is 21.4. The summed E-state index contributed by atoms with van der Waals surface area (Å²) in [6.07, 6.45) is 79.3. The van der Waals surface area contributed by atoms with Crippen LogP contribution in [0.3, 0.4) is 0 Å². The standard InChI is InChI=1S/C68H131NO5/c1-3-5-7-9-11-13-15-17-33-36-40-44-48-52-56-60-66(71)65(64-70)69-67(72)61-57-53-49-45-41-37-34-31-29-27-25-23-21-19-20-22-24-26-28-30-32-35-39-43-47-51-55-59-63-74-68(73)62-58-54-50-46-42-38-18-16-14-12-10-8-6-4-2/h16,18-20,65-66,70-71H,3-15,17,21-64H2,1-2H3,(H,69,72)/b18-16-,20-19-. The van der Waals surface area contributed by atoms with Gasteiger partial charge in [-0.15, -0.1) is 0 Å². The summed E-state index contributed by atoms with van der Waals surface area (Å²) < 4.78 is 5.48. The van der Waals surface area contributed by atoms with E-state index in [0.29, 0.717) is 25.9 Å². The number of esters is 1. The van der Waals surface area contributed by atoms with E-state index in [1.165, 1.54) is 295 Å². The molecule has 2 unspecified atom stereocenters. The summed E-state index contributed by atoms with van der Waals surface area (Å²) in [7, 11) is 0. The van der Waals surface area contributed by atoms with Crippen molar-refractivity contribution in [2.75, 3.05) is 13.2 Å². The second-order valence-corrected chi connectivity index (χ2v) is 23.1. The van der Waals surface area contributed by atoms with Gasteiger partial charge >= 0.3 is 5.97 Å². The van der Waals surface area contributed by atoms with Gasteiger partial charge in [-0.05, 0) is 77.0 Å². The van der Waals surface area contributed by atoms with Gasteiger partial charge in [0.15, 0.2) is 0 Å². The van der Waals surface area contributed by atoms with Gasteiger partial charge < -0.3 is 20.3 Å². The molecule has 0 aliphatic carbocycles. The molecule has 0 fully saturated rings. The van der Waals surface area contributed by atoms with Crippen molar-refractivity contribution in [3.05, 3.63) is 24.3 Å². The summed E-state index contributed by atoms with van der Waals surface area (Å²) >= 11 is 0. The van der Waals surface area contributed by atoms with Gasteiger partial charge in [0.2, 0.25) is 5.91 Å². The molecule has 0 aliphatic rings. The maximum atomic E-state index is 12.5. The number of amides is 1. The summed E-state index contributed by atoms with van der Waals surface area (Å²) in [4.78, 5) is 24.5. The van der Waals surface area contributed by atoms with Crippen LogP contribution < -0.4 is 5.32 Å². The van der Waals surface area contributed by atoms with Crippen LogP contribution in [0.15, 0.2) is 24.3 Å². The first-order chi connectivity index (χ1) is 36.5. The maximum Gasteiger partial charge on any atom is 0.305 e. The third-order valence-corrected chi connectivity index (χ3v) is 15.7. The van der Waals surface area contributed by atoms with Crippen molar-refractivity contribution in [2.24, 2.45) is 0 Å². The molecule has 0 spiro atoms. The smallest absolute Gasteiger partial charge is 0.305 e. The second kappa shape index (κ2) is 63.9. The number of aliphatic hydroxyl groups is 2. The molecule has 0 saturated carbocycles. The molecule has 0 bridgehead atoms. The van der Waals surface area contributed by atoms with Gasteiger partial charge in [0.1, 0.15) is 0 Å². The first-order valence-electron chi connectivity index (χ1n) is 33.6. The van der Waals surface area contributed by atoms with Gasteiger partial charge in [-0.25, -0.2) is 0 Å². The minimum atomic E-state index is -0.664. The fourth-order valence-corrected chi connectivity index (χ4v) is 10.6. The normalized spacial score (nSPS) is 12.6. The van der Waals surface area contributed by atoms with Crippen molar-refractivity contribution in [2.45, 2.75) is 386 Å². The minimum absolute atomic E-state index is 0.00775. The molecule has 0 aromatic carbocycles. The molecule has 0 aromatic rings. The van der Waals surface area contributed by atoms with Crippen molar-refractivity contribution in [3.8, 4) is 0 Å². The lowest BCUT2D eigenvalue weighted by Crippen LogP contribution is -2.45. The van der Waals surface area contributed by atoms with Crippen LogP contribution in [0.25, 0.3) is 0 Å². The molecule has 6 heteroatoms. The fraction of sp³-hybridized carbons (Fsp3) is 0.912. The molecular weight excluding hydrogens is 911 g/mol. The largest absolute Gasteiger partial charge is 0.466 e. The number of ether oxygens (including phenoxy) is 1. The highest BCUT2D eigenvalue weighted by molar-refractivity contribution is 5.76. The molecule has 0 rings (SSSR count). The van der Waals surface area contributed by atoms with Crippen molar-refractivity contribution >= 4 is 11.9 Å². The summed E-state index contributed by atoms with van der Waals surface area (Å²) in [5.74, 6) is -0.0247. The molecule has 74 heavy (non-hydrogen) atoms. The number of unbranched alkanes of at least 4 members (excludes halogenated alkanes) is 48. The van der Waals surface area contributed by atoms with Crippen LogP contribution in [-0.4, -0.2) is 47.4 Å². The molecule has 2 atom stereocenters. The zero-order valence-electron chi connectivity index (χ0n) is 50.1. The Bertz CT molecular complexity index is 1150. The number of aliphatic hydroxyl groups excluding tert-OH is 2. The van der Waals surface area contributed by atoms with Crippen molar-refractivity contribution in [1.29, 1.82) is 0 Å². The molecule has 0 aliphatic heterocycles. The topological polar surface area (TPSA) is 95.9 Å². The van der Waals surface area contributed by atoms with Gasteiger partial charge in [0.05, 0.1) is 25.4 Å². The van der Waals surface area contributed by atoms with Crippen molar-refractivity contribution in [3.63, 3.8) is 0 Å². The Hall–Kier alpha value is -1.66. The molecule has 0 radical (unpaired) electrons. The minimum Gasteiger partial charge on any atom is -0.466 e.